The normalized spacial score (nSPS) is 12.9. The van der Waals surface area contributed by atoms with Crippen molar-refractivity contribution < 1.29 is 0 Å². The molecule has 0 spiro atoms. The molecule has 1 unspecified atom stereocenters. The smallest absolute Gasteiger partial charge is 0.0931 e. The molecular formula is C11H14ClN3S2. The first-order valence-electron chi connectivity index (χ1n) is 5.47. The van der Waals surface area contributed by atoms with Crippen molar-refractivity contribution in [3.8, 4) is 0 Å². The van der Waals surface area contributed by atoms with Crippen molar-refractivity contribution >= 4 is 34.5 Å². The Hall–Kier alpha value is -0.490. The lowest BCUT2D eigenvalue weighted by Crippen LogP contribution is -2.22. The van der Waals surface area contributed by atoms with Gasteiger partial charge in [-0.15, -0.1) is 16.4 Å². The van der Waals surface area contributed by atoms with Gasteiger partial charge < -0.3 is 5.32 Å². The highest BCUT2D eigenvalue weighted by atomic mass is 35.5. The monoisotopic (exact) mass is 287 g/mol. The average Bonchev–Trinajstić information content (AvgIpc) is 2.87. The zero-order chi connectivity index (χ0) is 12.3. The molecule has 2 aromatic rings. The van der Waals surface area contributed by atoms with E-state index in [4.69, 9.17) is 11.6 Å². The highest BCUT2D eigenvalue weighted by Gasteiger charge is 2.17. The van der Waals surface area contributed by atoms with Crippen molar-refractivity contribution in [2.75, 3.05) is 6.54 Å². The van der Waals surface area contributed by atoms with E-state index in [-0.39, 0.29) is 6.04 Å². The van der Waals surface area contributed by atoms with Crippen molar-refractivity contribution in [3.05, 3.63) is 31.9 Å². The van der Waals surface area contributed by atoms with Crippen LogP contribution in [0.2, 0.25) is 4.34 Å². The number of nitrogens with zero attached hydrogens (tertiary/aromatic N) is 2. The Balaban J connectivity index is 2.15. The molecule has 1 atom stereocenters. The van der Waals surface area contributed by atoms with Gasteiger partial charge in [-0.1, -0.05) is 23.0 Å². The summed E-state index contributed by atoms with van der Waals surface area (Å²) in [6.45, 7) is 5.05. The lowest BCUT2D eigenvalue weighted by molar-refractivity contribution is 0.558. The second-order valence-corrected chi connectivity index (χ2v) is 6.33. The van der Waals surface area contributed by atoms with E-state index in [0.717, 1.165) is 23.0 Å². The predicted octanol–water partition coefficient (Wildman–Crippen LogP) is 3.45. The number of aryl methyl sites for hydroxylation is 1. The van der Waals surface area contributed by atoms with Crippen LogP contribution in [0.3, 0.4) is 0 Å². The lowest BCUT2D eigenvalue weighted by Gasteiger charge is -2.15. The van der Waals surface area contributed by atoms with Crippen molar-refractivity contribution in [2.24, 2.45) is 0 Å². The van der Waals surface area contributed by atoms with Crippen molar-refractivity contribution in [3.63, 3.8) is 0 Å². The van der Waals surface area contributed by atoms with Crippen LogP contribution in [0.15, 0.2) is 12.1 Å². The number of thiophene rings is 1. The molecule has 6 heteroatoms. The summed E-state index contributed by atoms with van der Waals surface area (Å²) >= 11 is 9.06. The van der Waals surface area contributed by atoms with Gasteiger partial charge in [-0.05, 0) is 37.1 Å². The number of likely N-dealkylation sites (N-methyl/N-ethyl adjacent to an activating group) is 1. The summed E-state index contributed by atoms with van der Waals surface area (Å²) in [5.74, 6) is 0. The Kier molecular flexibility index (Phi) is 4.50. The van der Waals surface area contributed by atoms with Gasteiger partial charge in [-0.25, -0.2) is 0 Å². The molecule has 2 aromatic heterocycles. The fourth-order valence-electron chi connectivity index (χ4n) is 1.72. The lowest BCUT2D eigenvalue weighted by atomic mass is 10.1. The first kappa shape index (κ1) is 13.0. The fourth-order valence-corrected chi connectivity index (χ4v) is 3.57. The molecule has 0 saturated heterocycles. The summed E-state index contributed by atoms with van der Waals surface area (Å²) < 4.78 is 4.84. The molecule has 92 valence electrons. The van der Waals surface area contributed by atoms with Gasteiger partial charge in [0.2, 0.25) is 0 Å². The Labute approximate surface area is 114 Å². The first-order valence-corrected chi connectivity index (χ1v) is 7.44. The topological polar surface area (TPSA) is 37.8 Å². The van der Waals surface area contributed by atoms with E-state index in [0.29, 0.717) is 0 Å². The Morgan fingerprint density at radius 3 is 2.82 bits per heavy atom. The maximum absolute atomic E-state index is 5.95. The Bertz CT molecular complexity index is 481. The molecule has 0 aromatic carbocycles. The minimum Gasteiger partial charge on any atom is -0.309 e. The maximum atomic E-state index is 5.95. The van der Waals surface area contributed by atoms with Crippen LogP contribution in [0.1, 0.15) is 28.4 Å². The second kappa shape index (κ2) is 5.91. The molecule has 0 amide bonds. The van der Waals surface area contributed by atoms with Crippen LogP contribution in [0.25, 0.3) is 0 Å². The molecule has 0 aliphatic rings. The number of hydrogen-bond acceptors (Lipinski definition) is 5. The van der Waals surface area contributed by atoms with Crippen LogP contribution in [0.4, 0.5) is 0 Å². The summed E-state index contributed by atoms with van der Waals surface area (Å²) in [5.41, 5.74) is 1.02. The zero-order valence-electron chi connectivity index (χ0n) is 9.74. The number of nitrogens with one attached hydrogen (secondary N) is 1. The first-order chi connectivity index (χ1) is 8.20. The van der Waals surface area contributed by atoms with Crippen molar-refractivity contribution in [1.29, 1.82) is 0 Å². The molecule has 0 bridgehead atoms. The summed E-state index contributed by atoms with van der Waals surface area (Å²) in [4.78, 5) is 2.50. The molecule has 0 radical (unpaired) electrons. The quantitative estimate of drug-likeness (QED) is 0.915. The van der Waals surface area contributed by atoms with Crippen molar-refractivity contribution in [1.82, 2.24) is 14.9 Å². The van der Waals surface area contributed by atoms with Crippen molar-refractivity contribution in [2.45, 2.75) is 26.3 Å². The summed E-state index contributed by atoms with van der Waals surface area (Å²) in [6, 6.07) is 4.32. The Morgan fingerprint density at radius 2 is 2.29 bits per heavy atom. The molecule has 1 N–H and O–H groups in total. The summed E-state index contributed by atoms with van der Waals surface area (Å²) in [7, 11) is 0. The van der Waals surface area contributed by atoms with Gasteiger partial charge in [-0.2, -0.15) is 0 Å². The minimum atomic E-state index is 0.287. The third-order valence-electron chi connectivity index (χ3n) is 2.49. The number of hydrogen-bond donors (Lipinski definition) is 1. The van der Waals surface area contributed by atoms with Gasteiger partial charge in [0.1, 0.15) is 0 Å². The van der Waals surface area contributed by atoms with Gasteiger partial charge in [0.25, 0.3) is 0 Å². The summed E-state index contributed by atoms with van der Waals surface area (Å²) in [6.07, 6.45) is 0.940. The molecule has 0 fully saturated rings. The molecule has 0 saturated carbocycles. The maximum Gasteiger partial charge on any atom is 0.0931 e. The Morgan fingerprint density at radius 1 is 1.47 bits per heavy atom. The predicted molar refractivity (Wildman–Crippen MR) is 74.1 cm³/mol. The number of aromatic nitrogens is 2. The van der Waals surface area contributed by atoms with E-state index >= 15 is 0 Å². The average molecular weight is 288 g/mol. The highest BCUT2D eigenvalue weighted by Crippen LogP contribution is 2.28. The fraction of sp³-hybridized carbons (Fsp3) is 0.455. The van der Waals surface area contributed by atoms with Gasteiger partial charge >= 0.3 is 0 Å². The summed E-state index contributed by atoms with van der Waals surface area (Å²) in [5, 5.41) is 7.55. The van der Waals surface area contributed by atoms with Gasteiger partial charge in [0.15, 0.2) is 0 Å². The van der Waals surface area contributed by atoms with Crippen LogP contribution < -0.4 is 5.32 Å². The number of rotatable bonds is 5. The van der Waals surface area contributed by atoms with E-state index in [1.54, 1.807) is 11.3 Å². The minimum absolute atomic E-state index is 0.287. The molecule has 2 heterocycles. The third kappa shape index (κ3) is 3.25. The van der Waals surface area contributed by atoms with Gasteiger partial charge in [-0.3, -0.25) is 0 Å². The number of halogens is 1. The molecule has 0 aliphatic carbocycles. The SMILES string of the molecule is CCNC(Cc1ccc(Cl)s1)c1snnc1C. The van der Waals surface area contributed by atoms with Gasteiger partial charge in [0, 0.05) is 17.3 Å². The highest BCUT2D eigenvalue weighted by molar-refractivity contribution is 7.16. The van der Waals surface area contributed by atoms with E-state index in [9.17, 15) is 0 Å². The third-order valence-corrected chi connectivity index (χ3v) is 4.68. The largest absolute Gasteiger partial charge is 0.309 e. The molecule has 3 nitrogen and oxygen atoms in total. The van der Waals surface area contributed by atoms with E-state index < -0.39 is 0 Å². The van der Waals surface area contributed by atoms with Crippen LogP contribution in [0, 0.1) is 6.92 Å². The van der Waals surface area contributed by atoms with Crippen LogP contribution in [-0.4, -0.2) is 16.1 Å². The molecule has 2 rings (SSSR count). The van der Waals surface area contributed by atoms with E-state index in [1.165, 1.54) is 21.3 Å². The standard InChI is InChI=1S/C11H14ClN3S2/c1-3-13-9(11-7(2)14-15-17-11)6-8-4-5-10(12)16-8/h4-5,9,13H,3,6H2,1-2H3. The van der Waals surface area contributed by atoms with E-state index in [1.807, 2.05) is 13.0 Å². The van der Waals surface area contributed by atoms with Crippen LogP contribution in [-0.2, 0) is 6.42 Å². The van der Waals surface area contributed by atoms with E-state index in [2.05, 4.69) is 27.9 Å². The van der Waals surface area contributed by atoms with Crippen LogP contribution >= 0.6 is 34.5 Å². The zero-order valence-corrected chi connectivity index (χ0v) is 12.1. The molecule has 0 aliphatic heterocycles. The molecular weight excluding hydrogens is 274 g/mol. The van der Waals surface area contributed by atoms with Gasteiger partial charge in [0.05, 0.1) is 14.9 Å². The second-order valence-electron chi connectivity index (χ2n) is 3.74. The molecule has 17 heavy (non-hydrogen) atoms. The van der Waals surface area contributed by atoms with Crippen LogP contribution in [0.5, 0.6) is 0 Å².